The first-order valence-electron chi connectivity index (χ1n) is 9.89. The second-order valence-electron chi connectivity index (χ2n) is 7.13. The molecule has 14 heteroatoms. The number of esters is 1. The van der Waals surface area contributed by atoms with Crippen LogP contribution in [-0.4, -0.2) is 72.7 Å². The molecular weight excluding hydrogens is 467 g/mol. The van der Waals surface area contributed by atoms with Gasteiger partial charge in [-0.15, -0.1) is 0 Å². The number of cyclic esters (lactones) is 1. The molecule has 0 aliphatic carbocycles. The number of amides is 2. The van der Waals surface area contributed by atoms with Crippen molar-refractivity contribution in [1.82, 2.24) is 15.3 Å². The second kappa shape index (κ2) is 10.1. The van der Waals surface area contributed by atoms with Gasteiger partial charge in [0.05, 0.1) is 13.2 Å². The molecule has 0 spiro atoms. The van der Waals surface area contributed by atoms with Crippen LogP contribution in [0.5, 0.6) is 5.75 Å². The molecule has 2 aliphatic rings. The molecule has 33 heavy (non-hydrogen) atoms. The van der Waals surface area contributed by atoms with E-state index in [1.54, 1.807) is 18.2 Å². The molecule has 1 aromatic carbocycles. The van der Waals surface area contributed by atoms with Gasteiger partial charge in [0, 0.05) is 19.7 Å². The number of hydrogen-bond donors (Lipinski definition) is 3. The minimum atomic E-state index is -4.32. The van der Waals surface area contributed by atoms with Gasteiger partial charge in [0.15, 0.2) is 6.10 Å². The number of hydrogen-bond acceptors (Lipinski definition) is 8. The summed E-state index contributed by atoms with van der Waals surface area (Å²) in [6, 6.07) is 5.88. The second-order valence-corrected chi connectivity index (χ2v) is 8.82. The van der Waals surface area contributed by atoms with E-state index in [0.717, 1.165) is 6.20 Å². The van der Waals surface area contributed by atoms with Crippen molar-refractivity contribution in [3.63, 3.8) is 0 Å². The fourth-order valence-electron chi connectivity index (χ4n) is 3.21. The SMILES string of the molecule is C=CN(C(=O)NC)C1OC(COP(=O)(NC2CCOC2=O)Oc2ccccc2)C(O)C1(F)F. The first kappa shape index (κ1) is 25.1. The van der Waals surface area contributed by atoms with Gasteiger partial charge in [0.25, 0.3) is 0 Å². The summed E-state index contributed by atoms with van der Waals surface area (Å²) in [6.07, 6.45) is -5.28. The first-order chi connectivity index (χ1) is 15.6. The lowest BCUT2D eigenvalue weighted by molar-refractivity contribution is -0.144. The summed E-state index contributed by atoms with van der Waals surface area (Å²) < 4.78 is 63.4. The molecule has 0 saturated carbocycles. The number of aliphatic hydroxyl groups excluding tert-OH is 1. The third-order valence-corrected chi connectivity index (χ3v) is 6.47. The highest BCUT2D eigenvalue weighted by atomic mass is 31.2. The average Bonchev–Trinajstić information content (AvgIpc) is 3.28. The molecule has 3 rings (SSSR count). The van der Waals surface area contributed by atoms with E-state index >= 15 is 0 Å². The maximum absolute atomic E-state index is 14.7. The van der Waals surface area contributed by atoms with E-state index in [9.17, 15) is 28.0 Å². The number of aliphatic hydroxyl groups is 1. The highest BCUT2D eigenvalue weighted by Crippen LogP contribution is 2.47. The van der Waals surface area contributed by atoms with Crippen LogP contribution < -0.4 is 14.9 Å². The number of halogens is 2. The zero-order valence-corrected chi connectivity index (χ0v) is 18.5. The molecular formula is C19H24F2N3O8P. The molecule has 0 bridgehead atoms. The Morgan fingerprint density at radius 3 is 2.70 bits per heavy atom. The maximum atomic E-state index is 14.7. The standard InChI is InChI=1S/C19H24F2N3O8P/c1-3-24(18(27)22-2)17-19(20,21)15(25)14(31-17)11-30-33(28,23-13-9-10-29-16(13)26)32-12-7-5-4-6-8-12/h3-8,13-15,17,25H,1,9-11H2,2H3,(H,22,27)(H,23,28). The highest BCUT2D eigenvalue weighted by Gasteiger charge is 2.61. The Kier molecular flexibility index (Phi) is 7.70. The van der Waals surface area contributed by atoms with Crippen LogP contribution in [0.1, 0.15) is 6.42 Å². The van der Waals surface area contributed by atoms with Crippen molar-refractivity contribution in [2.45, 2.75) is 36.8 Å². The molecule has 2 aliphatic heterocycles. The van der Waals surface area contributed by atoms with Crippen molar-refractivity contribution in [1.29, 1.82) is 0 Å². The summed E-state index contributed by atoms with van der Waals surface area (Å²) in [5, 5.41) is 14.7. The van der Waals surface area contributed by atoms with Crippen LogP contribution in [0.3, 0.4) is 0 Å². The van der Waals surface area contributed by atoms with Gasteiger partial charge < -0.3 is 24.4 Å². The van der Waals surface area contributed by atoms with Crippen molar-refractivity contribution in [2.24, 2.45) is 0 Å². The number of nitrogens with one attached hydrogen (secondary N) is 2. The predicted molar refractivity (Wildman–Crippen MR) is 109 cm³/mol. The summed E-state index contributed by atoms with van der Waals surface area (Å²) in [7, 11) is -3.10. The van der Waals surface area contributed by atoms with Gasteiger partial charge in [-0.2, -0.15) is 13.9 Å². The van der Waals surface area contributed by atoms with E-state index in [4.69, 9.17) is 18.5 Å². The van der Waals surface area contributed by atoms with Crippen LogP contribution in [0, 0.1) is 0 Å². The molecule has 2 amide bonds. The van der Waals surface area contributed by atoms with E-state index < -0.39 is 56.8 Å². The molecule has 2 saturated heterocycles. The summed E-state index contributed by atoms with van der Waals surface area (Å²) in [5.74, 6) is -4.46. The highest BCUT2D eigenvalue weighted by molar-refractivity contribution is 7.52. The number of carbonyl (C=O) groups excluding carboxylic acids is 2. The van der Waals surface area contributed by atoms with Gasteiger partial charge in [-0.05, 0) is 12.1 Å². The monoisotopic (exact) mass is 491 g/mol. The minimum absolute atomic E-state index is 0.0943. The van der Waals surface area contributed by atoms with Gasteiger partial charge in [-0.3, -0.25) is 14.2 Å². The fourth-order valence-corrected chi connectivity index (χ4v) is 4.74. The van der Waals surface area contributed by atoms with Gasteiger partial charge in [-0.1, -0.05) is 24.8 Å². The normalized spacial score (nSPS) is 27.9. The number of carbonyl (C=O) groups is 2. The van der Waals surface area contributed by atoms with E-state index in [2.05, 4.69) is 17.0 Å². The van der Waals surface area contributed by atoms with Gasteiger partial charge in [0.1, 0.15) is 17.9 Å². The topological polar surface area (TPSA) is 136 Å². The molecule has 1 aromatic rings. The van der Waals surface area contributed by atoms with E-state index in [0.29, 0.717) is 4.90 Å². The molecule has 5 atom stereocenters. The quantitative estimate of drug-likeness (QED) is 0.348. The van der Waals surface area contributed by atoms with E-state index in [1.807, 2.05) is 0 Å². The first-order valence-corrected chi connectivity index (χ1v) is 11.4. The Balaban J connectivity index is 1.76. The number of nitrogens with zero attached hydrogens (tertiary/aromatic N) is 1. The van der Waals surface area contributed by atoms with Crippen molar-refractivity contribution in [3.8, 4) is 5.75 Å². The Bertz CT molecular complexity index is 922. The zero-order valence-electron chi connectivity index (χ0n) is 17.6. The van der Waals surface area contributed by atoms with Crippen molar-refractivity contribution in [2.75, 3.05) is 20.3 Å². The van der Waals surface area contributed by atoms with Crippen LogP contribution in [0.25, 0.3) is 0 Å². The number of rotatable bonds is 9. The van der Waals surface area contributed by atoms with Crippen molar-refractivity contribution < 1.29 is 46.6 Å². The molecule has 3 N–H and O–H groups in total. The van der Waals surface area contributed by atoms with Gasteiger partial charge in [-0.25, -0.2) is 9.36 Å². The summed E-state index contributed by atoms with van der Waals surface area (Å²) >= 11 is 0. The van der Waals surface area contributed by atoms with E-state index in [-0.39, 0.29) is 18.8 Å². The molecule has 2 heterocycles. The third-order valence-electron chi connectivity index (χ3n) is 4.90. The summed E-state index contributed by atoms with van der Waals surface area (Å²) in [6.45, 7) is 2.59. The largest absolute Gasteiger partial charge is 0.464 e. The fraction of sp³-hybridized carbons (Fsp3) is 0.474. The van der Waals surface area contributed by atoms with Crippen molar-refractivity contribution in [3.05, 3.63) is 43.1 Å². The van der Waals surface area contributed by atoms with Gasteiger partial charge in [0.2, 0.25) is 6.23 Å². The smallest absolute Gasteiger partial charge is 0.459 e. The minimum Gasteiger partial charge on any atom is -0.464 e. The van der Waals surface area contributed by atoms with Crippen LogP contribution >= 0.6 is 7.75 Å². The molecule has 182 valence electrons. The Hall–Kier alpha value is -2.57. The lowest BCUT2D eigenvalue weighted by Gasteiger charge is -2.28. The Morgan fingerprint density at radius 1 is 1.42 bits per heavy atom. The molecule has 0 aromatic heterocycles. The Morgan fingerprint density at radius 2 is 2.12 bits per heavy atom. The lowest BCUT2D eigenvalue weighted by Crippen LogP contribution is -2.51. The third kappa shape index (κ3) is 5.50. The maximum Gasteiger partial charge on any atom is 0.459 e. The molecule has 5 unspecified atom stereocenters. The van der Waals surface area contributed by atoms with Crippen LogP contribution in [0.4, 0.5) is 13.6 Å². The number of alkyl halides is 2. The molecule has 2 fully saturated rings. The number of urea groups is 1. The zero-order chi connectivity index (χ0) is 24.2. The lowest BCUT2D eigenvalue weighted by atomic mass is 10.1. The van der Waals surface area contributed by atoms with Crippen LogP contribution in [0.15, 0.2) is 43.1 Å². The Labute approximate surface area is 188 Å². The van der Waals surface area contributed by atoms with Crippen LogP contribution in [-0.2, 0) is 23.4 Å². The van der Waals surface area contributed by atoms with Crippen molar-refractivity contribution >= 4 is 19.7 Å². The average molecular weight is 491 g/mol. The molecule has 11 nitrogen and oxygen atoms in total. The number of ether oxygens (including phenoxy) is 2. The summed E-state index contributed by atoms with van der Waals surface area (Å²) in [4.78, 5) is 24.2. The number of benzene rings is 1. The molecule has 0 radical (unpaired) electrons. The van der Waals surface area contributed by atoms with E-state index in [1.165, 1.54) is 19.2 Å². The predicted octanol–water partition coefficient (Wildman–Crippen LogP) is 1.60. The number of para-hydroxylation sites is 1. The van der Waals surface area contributed by atoms with Gasteiger partial charge >= 0.3 is 25.7 Å². The summed E-state index contributed by atoms with van der Waals surface area (Å²) in [5.41, 5.74) is 0. The van der Waals surface area contributed by atoms with Crippen LogP contribution in [0.2, 0.25) is 0 Å².